The van der Waals surface area contributed by atoms with Crippen LogP contribution in [0.1, 0.15) is 180 Å². The number of carboxylic acid groups (broad SMARTS) is 1. The number of esters is 2. The average Bonchev–Trinajstić information content (AvgIpc) is 1.66. The molecule has 15 nitrogen and oxygen atoms in total. The molecule has 0 aliphatic carbocycles. The van der Waals surface area contributed by atoms with Crippen LogP contribution in [0.25, 0.3) is 41.8 Å². The van der Waals surface area contributed by atoms with Crippen molar-refractivity contribution >= 4 is 63.3 Å². The van der Waals surface area contributed by atoms with Gasteiger partial charge < -0.3 is 44.1 Å². The van der Waals surface area contributed by atoms with Gasteiger partial charge in [-0.1, -0.05) is 74.2 Å². The summed E-state index contributed by atoms with van der Waals surface area (Å²) in [6, 6.07) is 47.0. The second-order valence-electron chi connectivity index (χ2n) is 34.9. The predicted molar refractivity (Wildman–Crippen MR) is 510 cm³/mol. The summed E-state index contributed by atoms with van der Waals surface area (Å²) in [4.78, 5) is 51.3. The van der Waals surface area contributed by atoms with Crippen LogP contribution in [0.2, 0.25) is 0 Å². The van der Waals surface area contributed by atoms with Crippen LogP contribution >= 0.6 is 45.3 Å². The van der Waals surface area contributed by atoms with Gasteiger partial charge in [0.15, 0.2) is 16.8 Å². The Balaban J connectivity index is 0.000000221. The number of halogens is 12. The van der Waals surface area contributed by atoms with E-state index in [1.54, 1.807) is 99.8 Å². The minimum atomic E-state index is -4.33. The van der Waals surface area contributed by atoms with Crippen molar-refractivity contribution in [1.82, 2.24) is 14.7 Å². The quantitative estimate of drug-likeness (QED) is 0.0370. The molecule has 4 aliphatic rings. The number of fused-ring (bicyclic) bond motifs is 3. The number of carbonyl (C=O) groups is 3. The number of hydrogen-bond donors (Lipinski definition) is 2. The molecule has 0 bridgehead atoms. The fraction of sp³-hybridized carbons (Fsp3) is 0.413. The van der Waals surface area contributed by atoms with Gasteiger partial charge in [-0.15, -0.1) is 45.3 Å². The smallest absolute Gasteiger partial charge is 0.870 e. The molecule has 32 heteroatoms. The second kappa shape index (κ2) is 48.8. The van der Waals surface area contributed by atoms with E-state index in [0.717, 1.165) is 221 Å². The molecule has 1 unspecified atom stereocenters. The van der Waals surface area contributed by atoms with E-state index in [0.29, 0.717) is 36.6 Å². The molecule has 0 spiro atoms. The first-order valence-corrected chi connectivity index (χ1v) is 47.4. The van der Waals surface area contributed by atoms with Crippen LogP contribution in [0.15, 0.2) is 176 Å². The number of rotatable bonds is 22. The Bertz CT molecular complexity index is 5550. The van der Waals surface area contributed by atoms with Crippen LogP contribution in [0, 0.1) is 27.7 Å². The third-order valence-corrected chi connectivity index (χ3v) is 28.4. The van der Waals surface area contributed by atoms with E-state index in [2.05, 4.69) is 59.7 Å². The molecule has 730 valence electrons. The van der Waals surface area contributed by atoms with Crippen molar-refractivity contribution in [2.75, 3.05) is 59.1 Å². The van der Waals surface area contributed by atoms with Crippen molar-refractivity contribution < 1.29 is 141 Å². The molecule has 1 atom stereocenters. The Hall–Kier alpha value is -8.93. The van der Waals surface area contributed by atoms with E-state index < -0.39 is 81.7 Å². The zero-order valence-corrected chi connectivity index (χ0v) is 83.5. The van der Waals surface area contributed by atoms with Gasteiger partial charge in [-0.25, -0.2) is 14.4 Å². The maximum atomic E-state index is 12.9. The summed E-state index contributed by atoms with van der Waals surface area (Å²) in [6.45, 7) is 32.8. The van der Waals surface area contributed by atoms with Gasteiger partial charge >= 0.3 is 72.2 Å². The number of benzene rings is 7. The van der Waals surface area contributed by atoms with Crippen molar-refractivity contribution in [3.05, 3.63) is 273 Å². The molecule has 7 aromatic carbocycles. The summed E-state index contributed by atoms with van der Waals surface area (Å²) in [6.07, 6.45) is -8.97. The molecule has 3 N–H and O–H groups in total. The largest absolute Gasteiger partial charge is 1.00 e. The minimum absolute atomic E-state index is 0. The Morgan fingerprint density at radius 3 is 0.853 bits per heavy atom. The number of aryl methyl sites for hydroxylation is 4. The first-order valence-electron chi connectivity index (χ1n) is 44.1. The van der Waals surface area contributed by atoms with Gasteiger partial charge in [0.1, 0.15) is 17.2 Å². The molecule has 0 amide bonds. The third kappa shape index (κ3) is 31.3. The number of carboxylic acids is 1. The monoisotopic (exact) mass is 1980 g/mol. The number of aliphatic hydroxyl groups is 1. The topological polar surface area (TPSA) is 187 Å². The molecular weight excluding hydrogens is 1860 g/mol. The normalized spacial score (nSPS) is 14.9. The van der Waals surface area contributed by atoms with Crippen LogP contribution in [-0.4, -0.2) is 130 Å². The van der Waals surface area contributed by atoms with Crippen molar-refractivity contribution in [2.45, 2.75) is 223 Å². The van der Waals surface area contributed by atoms with Crippen LogP contribution in [0.4, 0.5) is 52.7 Å². The molecule has 11 aromatic rings. The third-order valence-electron chi connectivity index (χ3n) is 23.4. The zero-order chi connectivity index (χ0) is 96.7. The van der Waals surface area contributed by atoms with Gasteiger partial charge in [0.25, 0.3) is 0 Å². The van der Waals surface area contributed by atoms with Gasteiger partial charge in [0.2, 0.25) is 0 Å². The maximum absolute atomic E-state index is 12.9. The summed E-state index contributed by atoms with van der Waals surface area (Å²) < 4.78 is 186. The molecule has 0 radical (unpaired) electrons. The summed E-state index contributed by atoms with van der Waals surface area (Å²) in [5.74, 6) is 0.0674. The number of alkyl halides is 12. The van der Waals surface area contributed by atoms with Crippen LogP contribution in [-0.2, 0) is 118 Å². The van der Waals surface area contributed by atoms with E-state index in [-0.39, 0.29) is 49.1 Å². The van der Waals surface area contributed by atoms with Crippen molar-refractivity contribution in [3.63, 3.8) is 0 Å². The summed E-state index contributed by atoms with van der Waals surface area (Å²) in [5.41, 5.74) is 8.91. The Morgan fingerprint density at radius 1 is 0.390 bits per heavy atom. The van der Waals surface area contributed by atoms with Crippen molar-refractivity contribution in [1.29, 1.82) is 0 Å². The Labute approximate surface area is 826 Å². The van der Waals surface area contributed by atoms with Gasteiger partial charge in [0, 0.05) is 105 Å². The number of aliphatic carboxylic acids is 1. The van der Waals surface area contributed by atoms with Gasteiger partial charge in [-0.3, -0.25) is 14.7 Å². The molecule has 4 aromatic heterocycles. The van der Waals surface area contributed by atoms with Gasteiger partial charge in [-0.05, 0) is 328 Å². The molecule has 4 aliphatic heterocycles. The van der Waals surface area contributed by atoms with E-state index in [1.165, 1.54) is 110 Å². The minimum Gasteiger partial charge on any atom is -0.870 e. The maximum Gasteiger partial charge on any atom is 1.00 e. The van der Waals surface area contributed by atoms with E-state index in [4.69, 9.17) is 33.5 Å². The fourth-order valence-corrected chi connectivity index (χ4v) is 20.2. The fourth-order valence-electron chi connectivity index (χ4n) is 15.4. The van der Waals surface area contributed by atoms with E-state index in [1.807, 2.05) is 68.4 Å². The van der Waals surface area contributed by atoms with Crippen LogP contribution in [0.3, 0.4) is 0 Å². The summed E-state index contributed by atoms with van der Waals surface area (Å²) in [7, 11) is 0. The average molecular weight is 1980 g/mol. The van der Waals surface area contributed by atoms with Crippen LogP contribution in [0.5, 0.6) is 17.2 Å². The molecular formula is C104H118F12N3NaO12S4. The molecule has 1 fully saturated rings. The van der Waals surface area contributed by atoms with Crippen LogP contribution < -0.4 is 43.8 Å². The number of hydrogen-bond acceptors (Lipinski definition) is 18. The number of aliphatic hydroxyl groups excluding tert-OH is 1. The number of nitrogens with zero attached hydrogens (tertiary/aromatic N) is 3. The van der Waals surface area contributed by atoms with Gasteiger partial charge in [-0.2, -0.15) is 52.7 Å². The standard InChI is InChI=1S/2C29H32F3NO3S.C27H28F3NO3S.C13H11F3OS.C5H10O.CH4.Na.H2O/c2*1-5-35-27(34)28(3,4)36-24-11-8-20-12-14-33(15-13-22(20)17-24)18-26-19(2)16-25(37-26)21-6-9-23(10-7-21)29(30,31)32;1-17-14-23(19-4-7-21(8-5-19)27(28,29)30)35-24(17)16-31-12-10-18-6-9-22(15-20(18)11-13-31)34-26(2,3)25(32)33;1-8-6-11(18-12(8)7-17)9-2-4-10(5-3-9)13(14,15)16;1-5-3-2-4-6-5;;;/h2*6-11,16-17H,5,12-15,18H2,1-4H3;4-9,14-15H,10-13,16H2,1-3H3,(H,32,33);2-6,17H,7H2,1H3;5H,2-4H2,1H3;1H4;;1H2/q;;;;;;+1;/p-1. The number of thiophene rings is 4. The zero-order valence-electron chi connectivity index (χ0n) is 78.2. The molecule has 8 heterocycles. The first kappa shape index (κ1) is 112. The van der Waals surface area contributed by atoms with Crippen molar-refractivity contribution in [2.24, 2.45) is 0 Å². The Kier molecular flexibility index (Phi) is 40.3. The summed E-state index contributed by atoms with van der Waals surface area (Å²) >= 11 is 6.30. The van der Waals surface area contributed by atoms with E-state index in [9.17, 15) is 72.2 Å². The second-order valence-corrected chi connectivity index (χ2v) is 39.4. The molecule has 1 saturated heterocycles. The predicted octanol–water partition coefficient (Wildman–Crippen LogP) is 23.6. The first-order chi connectivity index (χ1) is 62.6. The number of ether oxygens (including phenoxy) is 6. The molecule has 0 saturated carbocycles. The Morgan fingerprint density at radius 2 is 0.640 bits per heavy atom. The van der Waals surface area contributed by atoms with E-state index >= 15 is 0 Å². The van der Waals surface area contributed by atoms with Crippen molar-refractivity contribution in [3.8, 4) is 59.0 Å². The number of carbonyl (C=O) groups excluding carboxylic acids is 2. The SMILES string of the molecule is C.CC1CCCO1.CCOC(=O)C(C)(C)Oc1ccc2c(c1)CCN(Cc1sc(-c3ccc(C(F)(F)F)cc3)cc1C)CC2.CCOC(=O)C(C)(C)Oc1ccc2c(c1)CCN(Cc1sc(-c3ccc(C(F)(F)F)cc3)cc1C)CC2.Cc1cc(-c2ccc(C(F)(F)F)cc2)sc1CN1CCc2ccc(OC(C)(C)C(=O)O)cc2CC1.Cc1cc(-c2ccc(C(F)(F)F)cc2)sc1CO.[Na+].[OH-]. The summed E-state index contributed by atoms with van der Waals surface area (Å²) in [5, 5.41) is 18.4. The van der Waals surface area contributed by atoms with Gasteiger partial charge in [0.05, 0.1) is 48.2 Å². The molecule has 136 heavy (non-hydrogen) atoms. The molecule has 15 rings (SSSR count).